The van der Waals surface area contributed by atoms with E-state index in [0.717, 1.165) is 0 Å². The molecule has 0 saturated heterocycles. The Labute approximate surface area is 108 Å². The number of alkyl halides is 5. The van der Waals surface area contributed by atoms with E-state index in [1.807, 2.05) is 0 Å². The topological polar surface area (TPSA) is 65.2 Å². The van der Waals surface area contributed by atoms with Crippen molar-refractivity contribution >= 4 is 16.8 Å². The van der Waals surface area contributed by atoms with Crippen molar-refractivity contribution in [1.29, 1.82) is 0 Å². The molecule has 0 aliphatic heterocycles. The largest absolute Gasteiger partial charge is 0.573 e. The highest BCUT2D eigenvalue weighted by Gasteiger charge is 2.35. The first-order valence-electron chi connectivity index (χ1n) is 4.63. The Kier molecular flexibility index (Phi) is 4.64. The van der Waals surface area contributed by atoms with Gasteiger partial charge in [0.25, 0.3) is 11.7 Å². The maximum Gasteiger partial charge on any atom is 0.573 e. The summed E-state index contributed by atoms with van der Waals surface area (Å²) in [7, 11) is 0. The van der Waals surface area contributed by atoms with Gasteiger partial charge in [0.15, 0.2) is 0 Å². The number of hydrogen-bond acceptors (Lipinski definition) is 4. The van der Waals surface area contributed by atoms with Crippen molar-refractivity contribution in [3.05, 3.63) is 23.0 Å². The van der Waals surface area contributed by atoms with Gasteiger partial charge in [-0.3, -0.25) is 4.79 Å². The van der Waals surface area contributed by atoms with Gasteiger partial charge in [-0.25, -0.2) is 13.8 Å². The second kappa shape index (κ2) is 5.66. The van der Waals surface area contributed by atoms with E-state index in [1.54, 1.807) is 0 Å². The molecule has 0 unspecified atom stereocenters. The molecule has 19 heavy (non-hydrogen) atoms. The summed E-state index contributed by atoms with van der Waals surface area (Å²) < 4.78 is 65.2. The molecule has 106 valence electrons. The van der Waals surface area contributed by atoms with Gasteiger partial charge < -0.3 is 10.5 Å². The predicted octanol–water partition coefficient (Wildman–Crippen LogP) is 2.76. The number of aromatic nitrogens is 1. The van der Waals surface area contributed by atoms with E-state index in [0.29, 0.717) is 6.07 Å². The van der Waals surface area contributed by atoms with Crippen LogP contribution in [-0.2, 0) is 6.54 Å². The molecule has 1 heterocycles. The second-order valence-electron chi connectivity index (χ2n) is 3.19. The fourth-order valence-corrected chi connectivity index (χ4v) is 1.38. The third-order valence-corrected chi connectivity index (χ3v) is 2.13. The molecule has 0 amide bonds. The number of pyridine rings is 1. The van der Waals surface area contributed by atoms with E-state index in [4.69, 9.17) is 17.3 Å². The molecule has 0 bridgehead atoms. The van der Waals surface area contributed by atoms with Crippen LogP contribution in [-0.4, -0.2) is 16.6 Å². The van der Waals surface area contributed by atoms with E-state index in [2.05, 4.69) is 9.72 Å². The van der Waals surface area contributed by atoms with Gasteiger partial charge in [0.2, 0.25) is 0 Å². The second-order valence-corrected chi connectivity index (χ2v) is 3.54. The molecule has 1 aromatic rings. The molecule has 2 N–H and O–H groups in total. The average molecular weight is 305 g/mol. The first kappa shape index (κ1) is 15.6. The lowest BCUT2D eigenvalue weighted by Crippen LogP contribution is -2.20. The molecule has 0 saturated carbocycles. The molecule has 0 fully saturated rings. The molecule has 1 aromatic heterocycles. The van der Waals surface area contributed by atoms with Crippen molar-refractivity contribution in [3.63, 3.8) is 0 Å². The smallest absolute Gasteiger partial charge is 0.405 e. The van der Waals surface area contributed by atoms with Gasteiger partial charge in [-0.1, -0.05) is 0 Å². The van der Waals surface area contributed by atoms with Gasteiger partial charge in [0, 0.05) is 12.6 Å². The number of carbonyl (C=O) groups is 1. The lowest BCUT2D eigenvalue weighted by Gasteiger charge is -2.15. The molecule has 4 nitrogen and oxygen atoms in total. The van der Waals surface area contributed by atoms with E-state index in [-0.39, 0.29) is 0 Å². The van der Waals surface area contributed by atoms with Gasteiger partial charge in [0.1, 0.15) is 11.4 Å². The van der Waals surface area contributed by atoms with E-state index >= 15 is 0 Å². The fourth-order valence-electron chi connectivity index (χ4n) is 1.28. The molecular formula is C9H6ClF5N2O2. The summed E-state index contributed by atoms with van der Waals surface area (Å²) in [5.41, 5.74) is 2.72. The molecular weight excluding hydrogens is 299 g/mol. The Balaban J connectivity index is 3.45. The van der Waals surface area contributed by atoms with E-state index in [1.165, 1.54) is 0 Å². The summed E-state index contributed by atoms with van der Waals surface area (Å²) >= 11 is 5.04. The SMILES string of the molecule is NCc1nc(C(=O)Cl)cc(OC(F)(F)F)c1C(F)F. The minimum Gasteiger partial charge on any atom is -0.405 e. The highest BCUT2D eigenvalue weighted by atomic mass is 35.5. The maximum atomic E-state index is 12.7. The predicted molar refractivity (Wildman–Crippen MR) is 54.0 cm³/mol. The first-order chi connectivity index (χ1) is 8.65. The van der Waals surface area contributed by atoms with Crippen LogP contribution in [0.5, 0.6) is 5.75 Å². The number of halogens is 6. The highest BCUT2D eigenvalue weighted by Crippen LogP contribution is 2.35. The summed E-state index contributed by atoms with van der Waals surface area (Å²) in [5, 5.41) is -1.22. The average Bonchev–Trinajstić information content (AvgIpc) is 2.24. The van der Waals surface area contributed by atoms with Crippen LogP contribution < -0.4 is 10.5 Å². The minimum atomic E-state index is -5.20. The third kappa shape index (κ3) is 4.00. The van der Waals surface area contributed by atoms with Gasteiger partial charge in [-0.2, -0.15) is 0 Å². The molecule has 0 atom stereocenters. The summed E-state index contributed by atoms with van der Waals surface area (Å²) in [4.78, 5) is 14.2. The molecule has 0 aromatic carbocycles. The Morgan fingerprint density at radius 1 is 1.47 bits per heavy atom. The van der Waals surface area contributed by atoms with Crippen molar-refractivity contribution < 1.29 is 31.5 Å². The zero-order valence-electron chi connectivity index (χ0n) is 8.97. The summed E-state index contributed by atoms with van der Waals surface area (Å²) in [6, 6.07) is 0.392. The molecule has 0 aliphatic rings. The van der Waals surface area contributed by atoms with Gasteiger partial charge in [-0.15, -0.1) is 13.2 Å². The number of carbonyl (C=O) groups excluding carboxylic acids is 1. The monoisotopic (exact) mass is 304 g/mol. The quantitative estimate of drug-likeness (QED) is 0.686. The molecule has 1 rings (SSSR count). The van der Waals surface area contributed by atoms with Crippen LogP contribution in [0.3, 0.4) is 0 Å². The van der Waals surface area contributed by atoms with Crippen molar-refractivity contribution in [3.8, 4) is 5.75 Å². The van der Waals surface area contributed by atoms with Crippen molar-refractivity contribution in [2.75, 3.05) is 0 Å². The third-order valence-electron chi connectivity index (χ3n) is 1.94. The molecule has 0 spiro atoms. The summed E-state index contributed by atoms with van der Waals surface area (Å²) in [5.74, 6) is -1.25. The fraction of sp³-hybridized carbons (Fsp3) is 0.333. The molecule has 0 radical (unpaired) electrons. The molecule has 0 aliphatic carbocycles. The van der Waals surface area contributed by atoms with Crippen LogP contribution in [0.25, 0.3) is 0 Å². The van der Waals surface area contributed by atoms with Crippen molar-refractivity contribution in [1.82, 2.24) is 4.98 Å². The van der Waals surface area contributed by atoms with Gasteiger partial charge in [0.05, 0.1) is 11.3 Å². The zero-order valence-corrected chi connectivity index (χ0v) is 9.73. The van der Waals surface area contributed by atoms with Crippen molar-refractivity contribution in [2.45, 2.75) is 19.3 Å². The number of hydrogen-bond donors (Lipinski definition) is 1. The number of rotatable bonds is 4. The van der Waals surface area contributed by atoms with Crippen LogP contribution >= 0.6 is 11.6 Å². The number of nitrogens with zero attached hydrogens (tertiary/aromatic N) is 1. The summed E-state index contributed by atoms with van der Waals surface area (Å²) in [6.45, 7) is -0.605. The maximum absolute atomic E-state index is 12.7. The normalized spacial score (nSPS) is 11.8. The van der Waals surface area contributed by atoms with Gasteiger partial charge in [-0.05, 0) is 11.6 Å². The van der Waals surface area contributed by atoms with Crippen LogP contribution in [0.1, 0.15) is 28.2 Å². The van der Waals surface area contributed by atoms with Crippen LogP contribution in [0.2, 0.25) is 0 Å². The van der Waals surface area contributed by atoms with Crippen LogP contribution in [0, 0.1) is 0 Å². The summed E-state index contributed by atoms with van der Waals surface area (Å²) in [6.07, 6.45) is -8.51. The van der Waals surface area contributed by atoms with Crippen LogP contribution in [0.15, 0.2) is 6.07 Å². The lowest BCUT2D eigenvalue weighted by molar-refractivity contribution is -0.275. The van der Waals surface area contributed by atoms with E-state index < -0.39 is 47.3 Å². The Hall–Kier alpha value is -1.48. The number of ether oxygens (including phenoxy) is 1. The Bertz CT molecular complexity index is 492. The Morgan fingerprint density at radius 3 is 2.42 bits per heavy atom. The van der Waals surface area contributed by atoms with Crippen LogP contribution in [0.4, 0.5) is 22.0 Å². The number of nitrogens with two attached hydrogens (primary N) is 1. The standard InChI is InChI=1S/C9H6ClF5N2O2/c10-7(18)3-1-5(19-9(13,14)15)6(8(11)12)4(2-16)17-3/h1,8H,2,16H2. The lowest BCUT2D eigenvalue weighted by atomic mass is 10.1. The Morgan fingerprint density at radius 2 is 2.05 bits per heavy atom. The first-order valence-corrected chi connectivity index (χ1v) is 5.01. The highest BCUT2D eigenvalue weighted by molar-refractivity contribution is 6.67. The van der Waals surface area contributed by atoms with E-state index in [9.17, 15) is 26.7 Å². The zero-order chi connectivity index (χ0) is 14.8. The minimum absolute atomic E-state index is 0.392. The van der Waals surface area contributed by atoms with Gasteiger partial charge >= 0.3 is 6.36 Å². The molecule has 10 heteroatoms. The van der Waals surface area contributed by atoms with Crippen molar-refractivity contribution in [2.24, 2.45) is 5.73 Å².